The number of nitrogens with two attached hydrogens (primary N) is 1. The van der Waals surface area contributed by atoms with Crippen LogP contribution in [0.25, 0.3) is 0 Å². The maximum absolute atomic E-state index is 5.85. The summed E-state index contributed by atoms with van der Waals surface area (Å²) in [7, 11) is 4.29. The summed E-state index contributed by atoms with van der Waals surface area (Å²) >= 11 is 0. The van der Waals surface area contributed by atoms with Crippen LogP contribution in [0.15, 0.2) is 0 Å². The summed E-state index contributed by atoms with van der Waals surface area (Å²) < 4.78 is 0. The van der Waals surface area contributed by atoms with Crippen molar-refractivity contribution in [2.75, 3.05) is 40.3 Å². The number of piperidine rings is 1. The number of nitrogens with zero attached hydrogens (tertiary/aromatic N) is 2. The SMILES string of the molecule is CC[C@@H]1[C@@H](CN)CCCN1CCN(C)C. The molecule has 1 heterocycles. The zero-order valence-electron chi connectivity index (χ0n) is 10.6. The zero-order valence-corrected chi connectivity index (χ0v) is 10.6. The Hall–Kier alpha value is -0.120. The monoisotopic (exact) mass is 213 g/mol. The average Bonchev–Trinajstić information content (AvgIpc) is 2.25. The van der Waals surface area contributed by atoms with Gasteiger partial charge in [0.2, 0.25) is 0 Å². The van der Waals surface area contributed by atoms with E-state index in [2.05, 4.69) is 30.8 Å². The zero-order chi connectivity index (χ0) is 11.3. The Bertz CT molecular complexity index is 170. The molecule has 15 heavy (non-hydrogen) atoms. The predicted octanol–water partition coefficient (Wildman–Crippen LogP) is 0.997. The molecule has 3 nitrogen and oxygen atoms in total. The molecule has 0 amide bonds. The van der Waals surface area contributed by atoms with Crippen LogP contribution in [0.1, 0.15) is 26.2 Å². The third-order valence-electron chi connectivity index (χ3n) is 3.59. The molecule has 0 aromatic carbocycles. The Morgan fingerprint density at radius 2 is 2.13 bits per heavy atom. The van der Waals surface area contributed by atoms with Gasteiger partial charge < -0.3 is 10.6 Å². The summed E-state index contributed by atoms with van der Waals surface area (Å²) in [4.78, 5) is 4.90. The highest BCUT2D eigenvalue weighted by atomic mass is 15.2. The van der Waals surface area contributed by atoms with Gasteiger partial charge in [-0.05, 0) is 52.4 Å². The van der Waals surface area contributed by atoms with Gasteiger partial charge in [0.25, 0.3) is 0 Å². The molecular formula is C12H27N3. The van der Waals surface area contributed by atoms with Crippen LogP contribution in [0.4, 0.5) is 0 Å². The molecule has 1 aliphatic heterocycles. The molecule has 0 spiro atoms. The maximum Gasteiger partial charge on any atom is 0.0133 e. The lowest BCUT2D eigenvalue weighted by atomic mass is 9.87. The van der Waals surface area contributed by atoms with E-state index in [1.165, 1.54) is 32.4 Å². The summed E-state index contributed by atoms with van der Waals surface area (Å²) in [5, 5.41) is 0. The van der Waals surface area contributed by atoms with Gasteiger partial charge in [-0.3, -0.25) is 4.90 Å². The van der Waals surface area contributed by atoms with Crippen molar-refractivity contribution in [3.05, 3.63) is 0 Å². The molecule has 2 atom stereocenters. The van der Waals surface area contributed by atoms with Crippen LogP contribution < -0.4 is 5.73 Å². The fraction of sp³-hybridized carbons (Fsp3) is 1.00. The van der Waals surface area contributed by atoms with E-state index >= 15 is 0 Å². The molecular weight excluding hydrogens is 186 g/mol. The molecule has 1 saturated heterocycles. The number of hydrogen-bond acceptors (Lipinski definition) is 3. The first-order valence-corrected chi connectivity index (χ1v) is 6.27. The lowest BCUT2D eigenvalue weighted by Gasteiger charge is -2.41. The van der Waals surface area contributed by atoms with Gasteiger partial charge in [-0.15, -0.1) is 0 Å². The number of hydrogen-bond donors (Lipinski definition) is 1. The van der Waals surface area contributed by atoms with Crippen LogP contribution >= 0.6 is 0 Å². The van der Waals surface area contributed by atoms with Gasteiger partial charge in [-0.2, -0.15) is 0 Å². The van der Waals surface area contributed by atoms with E-state index in [9.17, 15) is 0 Å². The molecule has 1 aliphatic rings. The normalized spacial score (nSPS) is 28.6. The van der Waals surface area contributed by atoms with Crippen molar-refractivity contribution in [3.63, 3.8) is 0 Å². The highest BCUT2D eigenvalue weighted by Gasteiger charge is 2.28. The summed E-state index contributed by atoms with van der Waals surface area (Å²) in [6, 6.07) is 0.726. The largest absolute Gasteiger partial charge is 0.330 e. The Kier molecular flexibility index (Phi) is 5.58. The fourth-order valence-corrected chi connectivity index (χ4v) is 2.69. The van der Waals surface area contributed by atoms with E-state index in [0.717, 1.165) is 25.0 Å². The second kappa shape index (κ2) is 6.46. The van der Waals surface area contributed by atoms with E-state index in [4.69, 9.17) is 5.73 Å². The van der Waals surface area contributed by atoms with Crippen LogP contribution in [-0.4, -0.2) is 56.1 Å². The summed E-state index contributed by atoms with van der Waals surface area (Å²) in [6.07, 6.45) is 3.90. The van der Waals surface area contributed by atoms with Crippen molar-refractivity contribution in [2.45, 2.75) is 32.2 Å². The van der Waals surface area contributed by atoms with Crippen molar-refractivity contribution in [1.29, 1.82) is 0 Å². The van der Waals surface area contributed by atoms with E-state index < -0.39 is 0 Å². The van der Waals surface area contributed by atoms with Crippen molar-refractivity contribution in [3.8, 4) is 0 Å². The van der Waals surface area contributed by atoms with Crippen molar-refractivity contribution in [2.24, 2.45) is 11.7 Å². The van der Waals surface area contributed by atoms with Crippen LogP contribution in [0, 0.1) is 5.92 Å². The topological polar surface area (TPSA) is 32.5 Å². The van der Waals surface area contributed by atoms with Gasteiger partial charge in [0, 0.05) is 19.1 Å². The third-order valence-corrected chi connectivity index (χ3v) is 3.59. The maximum atomic E-state index is 5.85. The van der Waals surface area contributed by atoms with E-state index in [1.807, 2.05) is 0 Å². The van der Waals surface area contributed by atoms with Crippen LogP contribution in [-0.2, 0) is 0 Å². The Labute approximate surface area is 94.6 Å². The summed E-state index contributed by atoms with van der Waals surface area (Å²) in [5.41, 5.74) is 5.85. The lowest BCUT2D eigenvalue weighted by molar-refractivity contribution is 0.0859. The van der Waals surface area contributed by atoms with Crippen molar-refractivity contribution < 1.29 is 0 Å². The number of rotatable bonds is 5. The standard InChI is InChI=1S/C12H27N3/c1-4-12-11(10-13)6-5-7-15(12)9-8-14(2)3/h11-12H,4-10,13H2,1-3H3/t11-,12-/m1/s1. The molecule has 2 N–H and O–H groups in total. The Morgan fingerprint density at radius 1 is 1.40 bits per heavy atom. The molecule has 0 aromatic heterocycles. The second-order valence-electron chi connectivity index (χ2n) is 4.95. The molecule has 0 saturated carbocycles. The fourth-order valence-electron chi connectivity index (χ4n) is 2.69. The minimum Gasteiger partial charge on any atom is -0.330 e. The summed E-state index contributed by atoms with van der Waals surface area (Å²) in [5.74, 6) is 0.728. The second-order valence-corrected chi connectivity index (χ2v) is 4.95. The first-order chi connectivity index (χ1) is 7.19. The predicted molar refractivity (Wildman–Crippen MR) is 66.0 cm³/mol. The minimum atomic E-state index is 0.726. The molecule has 90 valence electrons. The molecule has 0 aliphatic carbocycles. The van der Waals surface area contributed by atoms with Crippen molar-refractivity contribution in [1.82, 2.24) is 9.80 Å². The third kappa shape index (κ3) is 3.74. The van der Waals surface area contributed by atoms with Gasteiger partial charge in [0.1, 0.15) is 0 Å². The smallest absolute Gasteiger partial charge is 0.0133 e. The quantitative estimate of drug-likeness (QED) is 0.739. The van der Waals surface area contributed by atoms with Crippen molar-refractivity contribution >= 4 is 0 Å². The molecule has 0 aromatic rings. The first-order valence-electron chi connectivity index (χ1n) is 6.27. The van der Waals surface area contributed by atoms with Gasteiger partial charge in [-0.1, -0.05) is 6.92 Å². The minimum absolute atomic E-state index is 0.726. The van der Waals surface area contributed by atoms with E-state index in [0.29, 0.717) is 0 Å². The molecule has 1 rings (SSSR count). The Morgan fingerprint density at radius 3 is 2.67 bits per heavy atom. The van der Waals surface area contributed by atoms with E-state index in [-0.39, 0.29) is 0 Å². The average molecular weight is 213 g/mol. The van der Waals surface area contributed by atoms with Gasteiger partial charge >= 0.3 is 0 Å². The summed E-state index contributed by atoms with van der Waals surface area (Å²) in [6.45, 7) is 6.77. The molecule has 1 fully saturated rings. The van der Waals surface area contributed by atoms with Gasteiger partial charge in [0.05, 0.1) is 0 Å². The molecule has 3 heteroatoms. The van der Waals surface area contributed by atoms with E-state index in [1.54, 1.807) is 0 Å². The molecule has 0 bridgehead atoms. The van der Waals surface area contributed by atoms with Gasteiger partial charge in [0.15, 0.2) is 0 Å². The van der Waals surface area contributed by atoms with Crippen LogP contribution in [0.3, 0.4) is 0 Å². The molecule has 0 radical (unpaired) electrons. The first kappa shape index (κ1) is 12.9. The van der Waals surface area contributed by atoms with Gasteiger partial charge in [-0.25, -0.2) is 0 Å². The lowest BCUT2D eigenvalue weighted by Crippen LogP contribution is -2.49. The van der Waals surface area contributed by atoms with Crippen LogP contribution in [0.5, 0.6) is 0 Å². The highest BCUT2D eigenvalue weighted by molar-refractivity contribution is 4.84. The van der Waals surface area contributed by atoms with Crippen LogP contribution in [0.2, 0.25) is 0 Å². The molecule has 0 unspecified atom stereocenters. The Balaban J connectivity index is 2.45. The number of likely N-dealkylation sites (N-methyl/N-ethyl adjacent to an activating group) is 1. The number of likely N-dealkylation sites (tertiary alicyclic amines) is 1. The highest BCUT2D eigenvalue weighted by Crippen LogP contribution is 2.24.